The molecular weight excluding hydrogens is 216 g/mol. The van der Waals surface area contributed by atoms with E-state index in [0.29, 0.717) is 18.0 Å². The van der Waals surface area contributed by atoms with Crippen LogP contribution in [0, 0.1) is 5.92 Å². The predicted molar refractivity (Wildman–Crippen MR) is 69.4 cm³/mol. The number of hydrogen-bond donors (Lipinski definition) is 2. The third-order valence-electron chi connectivity index (χ3n) is 2.90. The Kier molecular flexibility index (Phi) is 4.09. The number of anilines is 2. The summed E-state index contributed by atoms with van der Waals surface area (Å²) >= 11 is 0. The SMILES string of the molecule is COc1cccc(NCCOCC2CC2)c1N. The second-order valence-electron chi connectivity index (χ2n) is 4.37. The van der Waals surface area contributed by atoms with E-state index in [2.05, 4.69) is 5.32 Å². The standard InChI is InChI=1S/C13H20N2O2/c1-16-12-4-2-3-11(13(12)14)15-7-8-17-9-10-5-6-10/h2-4,10,15H,5-9,14H2,1H3. The van der Waals surface area contributed by atoms with Crippen molar-refractivity contribution in [1.29, 1.82) is 0 Å². The van der Waals surface area contributed by atoms with Gasteiger partial charge in [0.2, 0.25) is 0 Å². The zero-order chi connectivity index (χ0) is 12.1. The Bertz CT molecular complexity index is 364. The lowest BCUT2D eigenvalue weighted by molar-refractivity contribution is 0.134. The van der Waals surface area contributed by atoms with E-state index in [-0.39, 0.29) is 0 Å². The van der Waals surface area contributed by atoms with Crippen LogP contribution in [0.5, 0.6) is 5.75 Å². The van der Waals surface area contributed by atoms with Crippen molar-refractivity contribution in [3.05, 3.63) is 18.2 Å². The van der Waals surface area contributed by atoms with Gasteiger partial charge in [0, 0.05) is 13.2 Å². The van der Waals surface area contributed by atoms with Gasteiger partial charge in [-0.3, -0.25) is 0 Å². The van der Waals surface area contributed by atoms with Gasteiger partial charge in [-0.05, 0) is 30.9 Å². The largest absolute Gasteiger partial charge is 0.495 e. The topological polar surface area (TPSA) is 56.5 Å². The summed E-state index contributed by atoms with van der Waals surface area (Å²) in [5.41, 5.74) is 7.49. The summed E-state index contributed by atoms with van der Waals surface area (Å²) in [6.45, 7) is 2.38. The normalized spacial score (nSPS) is 14.6. The second-order valence-corrected chi connectivity index (χ2v) is 4.37. The average Bonchev–Trinajstić information content (AvgIpc) is 3.15. The van der Waals surface area contributed by atoms with Crippen molar-refractivity contribution < 1.29 is 9.47 Å². The molecule has 0 aromatic heterocycles. The average molecular weight is 236 g/mol. The number of rotatable bonds is 7. The number of hydrogen-bond acceptors (Lipinski definition) is 4. The smallest absolute Gasteiger partial charge is 0.143 e. The molecule has 4 heteroatoms. The summed E-state index contributed by atoms with van der Waals surface area (Å²) < 4.78 is 10.7. The first kappa shape index (κ1) is 12.0. The van der Waals surface area contributed by atoms with Gasteiger partial charge < -0.3 is 20.5 Å². The third kappa shape index (κ3) is 3.53. The van der Waals surface area contributed by atoms with Gasteiger partial charge in [-0.25, -0.2) is 0 Å². The fraction of sp³-hybridized carbons (Fsp3) is 0.538. The number of nitrogens with one attached hydrogen (secondary N) is 1. The molecule has 0 unspecified atom stereocenters. The first-order chi connectivity index (χ1) is 8.31. The molecule has 3 N–H and O–H groups in total. The molecule has 0 heterocycles. The molecule has 0 atom stereocenters. The van der Waals surface area contributed by atoms with Crippen LogP contribution in [0.1, 0.15) is 12.8 Å². The van der Waals surface area contributed by atoms with Crippen molar-refractivity contribution in [2.75, 3.05) is 37.9 Å². The molecule has 1 aromatic carbocycles. The molecule has 94 valence electrons. The van der Waals surface area contributed by atoms with E-state index in [1.165, 1.54) is 12.8 Å². The van der Waals surface area contributed by atoms with Crippen LogP contribution >= 0.6 is 0 Å². The minimum Gasteiger partial charge on any atom is -0.495 e. The predicted octanol–water partition coefficient (Wildman–Crippen LogP) is 2.12. The monoisotopic (exact) mass is 236 g/mol. The Hall–Kier alpha value is -1.42. The van der Waals surface area contributed by atoms with Crippen molar-refractivity contribution in [2.24, 2.45) is 5.92 Å². The van der Waals surface area contributed by atoms with Crippen molar-refractivity contribution in [3.63, 3.8) is 0 Å². The number of ether oxygens (including phenoxy) is 2. The molecule has 2 rings (SSSR count). The lowest BCUT2D eigenvalue weighted by atomic mass is 10.2. The highest BCUT2D eigenvalue weighted by Gasteiger charge is 2.20. The van der Waals surface area contributed by atoms with Gasteiger partial charge in [-0.1, -0.05) is 6.07 Å². The van der Waals surface area contributed by atoms with Crippen molar-refractivity contribution >= 4 is 11.4 Å². The maximum atomic E-state index is 5.94. The minimum absolute atomic E-state index is 0.650. The van der Waals surface area contributed by atoms with Gasteiger partial charge >= 0.3 is 0 Å². The van der Waals surface area contributed by atoms with Gasteiger partial charge in [0.25, 0.3) is 0 Å². The maximum absolute atomic E-state index is 5.94. The Morgan fingerprint density at radius 1 is 1.41 bits per heavy atom. The maximum Gasteiger partial charge on any atom is 0.143 e. The molecule has 1 saturated carbocycles. The number of nitrogen functional groups attached to an aromatic ring is 1. The summed E-state index contributed by atoms with van der Waals surface area (Å²) in [6, 6.07) is 5.71. The lowest BCUT2D eigenvalue weighted by Crippen LogP contribution is -2.12. The van der Waals surface area contributed by atoms with Gasteiger partial charge in [-0.15, -0.1) is 0 Å². The van der Waals surface area contributed by atoms with Crippen LogP contribution < -0.4 is 15.8 Å². The summed E-state index contributed by atoms with van der Waals surface area (Å²) in [5.74, 6) is 1.52. The Morgan fingerprint density at radius 2 is 2.24 bits per heavy atom. The van der Waals surface area contributed by atoms with Crippen LogP contribution in [0.15, 0.2) is 18.2 Å². The van der Waals surface area contributed by atoms with E-state index in [4.69, 9.17) is 15.2 Å². The van der Waals surface area contributed by atoms with Crippen LogP contribution in [0.2, 0.25) is 0 Å². The molecular formula is C13H20N2O2. The third-order valence-corrected chi connectivity index (χ3v) is 2.90. The first-order valence-electron chi connectivity index (χ1n) is 6.05. The molecule has 17 heavy (non-hydrogen) atoms. The van der Waals surface area contributed by atoms with Gasteiger partial charge in [0.05, 0.1) is 25.1 Å². The highest BCUT2D eigenvalue weighted by atomic mass is 16.5. The summed E-state index contributed by atoms with van der Waals surface area (Å²) in [4.78, 5) is 0. The number of methoxy groups -OCH3 is 1. The van der Waals surface area contributed by atoms with Gasteiger partial charge in [-0.2, -0.15) is 0 Å². The molecule has 1 aromatic rings. The van der Waals surface area contributed by atoms with Crippen LogP contribution in [0.25, 0.3) is 0 Å². The highest BCUT2D eigenvalue weighted by Crippen LogP contribution is 2.29. The minimum atomic E-state index is 0.650. The molecule has 1 fully saturated rings. The fourth-order valence-corrected chi connectivity index (χ4v) is 1.67. The van der Waals surface area contributed by atoms with E-state index in [1.807, 2.05) is 18.2 Å². The summed E-state index contributed by atoms with van der Waals surface area (Å²) in [6.07, 6.45) is 2.66. The lowest BCUT2D eigenvalue weighted by Gasteiger charge is -2.12. The number of para-hydroxylation sites is 1. The van der Waals surface area contributed by atoms with Gasteiger partial charge in [0.15, 0.2) is 0 Å². The summed E-state index contributed by atoms with van der Waals surface area (Å²) in [7, 11) is 1.62. The quantitative estimate of drug-likeness (QED) is 0.562. The zero-order valence-corrected chi connectivity index (χ0v) is 10.2. The Labute approximate surface area is 102 Å². The fourth-order valence-electron chi connectivity index (χ4n) is 1.67. The zero-order valence-electron chi connectivity index (χ0n) is 10.2. The van der Waals surface area contributed by atoms with Gasteiger partial charge in [0.1, 0.15) is 5.75 Å². The van der Waals surface area contributed by atoms with Crippen LogP contribution in [-0.4, -0.2) is 26.9 Å². The molecule has 1 aliphatic rings. The molecule has 0 spiro atoms. The highest BCUT2D eigenvalue weighted by molar-refractivity contribution is 5.72. The van der Waals surface area contributed by atoms with E-state index in [1.54, 1.807) is 7.11 Å². The van der Waals surface area contributed by atoms with Crippen molar-refractivity contribution in [2.45, 2.75) is 12.8 Å². The Balaban J connectivity index is 1.73. The molecule has 0 saturated heterocycles. The van der Waals surface area contributed by atoms with Crippen LogP contribution in [-0.2, 0) is 4.74 Å². The first-order valence-corrected chi connectivity index (χ1v) is 6.05. The van der Waals surface area contributed by atoms with E-state index >= 15 is 0 Å². The van der Waals surface area contributed by atoms with Crippen molar-refractivity contribution in [3.8, 4) is 5.75 Å². The van der Waals surface area contributed by atoms with E-state index in [0.717, 1.165) is 24.8 Å². The molecule has 0 aliphatic heterocycles. The van der Waals surface area contributed by atoms with Crippen molar-refractivity contribution in [1.82, 2.24) is 0 Å². The van der Waals surface area contributed by atoms with E-state index in [9.17, 15) is 0 Å². The molecule has 4 nitrogen and oxygen atoms in total. The second kappa shape index (κ2) is 5.77. The number of nitrogens with two attached hydrogens (primary N) is 1. The molecule has 0 amide bonds. The van der Waals surface area contributed by atoms with Crippen LogP contribution in [0.3, 0.4) is 0 Å². The number of benzene rings is 1. The molecule has 0 radical (unpaired) electrons. The molecule has 1 aliphatic carbocycles. The summed E-state index contributed by atoms with van der Waals surface area (Å²) in [5, 5.41) is 3.25. The van der Waals surface area contributed by atoms with Crippen LogP contribution in [0.4, 0.5) is 11.4 Å². The Morgan fingerprint density at radius 3 is 2.94 bits per heavy atom. The van der Waals surface area contributed by atoms with E-state index < -0.39 is 0 Å². The molecule has 0 bridgehead atoms.